The van der Waals surface area contributed by atoms with Crippen molar-refractivity contribution in [3.8, 4) is 0 Å². The van der Waals surface area contributed by atoms with Gasteiger partial charge in [-0.05, 0) is 42.7 Å². The fraction of sp³-hybridized carbons (Fsp3) is 0.273. The van der Waals surface area contributed by atoms with Crippen molar-refractivity contribution in [3.63, 3.8) is 0 Å². The Morgan fingerprint density at radius 3 is 2.81 bits per heavy atom. The molecule has 84 valence electrons. The van der Waals surface area contributed by atoms with E-state index < -0.39 is 0 Å². The quantitative estimate of drug-likeness (QED) is 0.890. The molecule has 0 amide bonds. The summed E-state index contributed by atoms with van der Waals surface area (Å²) in [6.45, 7) is 1.76. The molecule has 0 saturated carbocycles. The summed E-state index contributed by atoms with van der Waals surface area (Å²) in [5.74, 6) is -0.180. The van der Waals surface area contributed by atoms with Crippen LogP contribution in [0.1, 0.15) is 22.0 Å². The molecular formula is C11H12FN3S. The van der Waals surface area contributed by atoms with Crippen LogP contribution in [0.4, 0.5) is 4.39 Å². The van der Waals surface area contributed by atoms with Gasteiger partial charge in [-0.2, -0.15) is 0 Å². The first kappa shape index (κ1) is 11.2. The highest BCUT2D eigenvalue weighted by Crippen LogP contribution is 2.24. The lowest BCUT2D eigenvalue weighted by Gasteiger charge is -2.14. The summed E-state index contributed by atoms with van der Waals surface area (Å²) >= 11 is 1.34. The minimum Gasteiger partial charge on any atom is -0.309 e. The third-order valence-electron chi connectivity index (χ3n) is 2.47. The summed E-state index contributed by atoms with van der Waals surface area (Å²) in [5.41, 5.74) is 1.67. The second-order valence-corrected chi connectivity index (χ2v) is 4.37. The van der Waals surface area contributed by atoms with Gasteiger partial charge in [0.2, 0.25) is 0 Å². The molecule has 0 fully saturated rings. The third kappa shape index (κ3) is 2.10. The van der Waals surface area contributed by atoms with Gasteiger partial charge >= 0.3 is 0 Å². The van der Waals surface area contributed by atoms with Gasteiger partial charge in [-0.3, -0.25) is 0 Å². The smallest absolute Gasteiger partial charge is 0.126 e. The zero-order chi connectivity index (χ0) is 11.5. The summed E-state index contributed by atoms with van der Waals surface area (Å²) in [6.07, 6.45) is 1.73. The number of nitrogens with zero attached hydrogens (tertiary/aromatic N) is 2. The summed E-state index contributed by atoms with van der Waals surface area (Å²) in [5, 5.41) is 6.99. The molecule has 0 aliphatic rings. The first-order valence-electron chi connectivity index (χ1n) is 4.93. The molecule has 0 aliphatic carbocycles. The standard InChI is InChI=1S/C11H12FN3S/c1-7-5-8(3-4-9(7)12)11(13-2)10-6-14-15-16-10/h3-6,11,13H,1-2H3. The van der Waals surface area contributed by atoms with Gasteiger partial charge in [0.15, 0.2) is 0 Å². The van der Waals surface area contributed by atoms with Crippen molar-refractivity contribution in [3.05, 3.63) is 46.2 Å². The first-order valence-corrected chi connectivity index (χ1v) is 5.70. The van der Waals surface area contributed by atoms with Crippen molar-refractivity contribution in [2.75, 3.05) is 7.05 Å². The van der Waals surface area contributed by atoms with Crippen molar-refractivity contribution >= 4 is 11.5 Å². The predicted octanol–water partition coefficient (Wildman–Crippen LogP) is 2.29. The van der Waals surface area contributed by atoms with E-state index in [2.05, 4.69) is 14.9 Å². The molecule has 5 heteroatoms. The number of hydrogen-bond donors (Lipinski definition) is 1. The second kappa shape index (κ2) is 4.67. The average Bonchev–Trinajstić information content (AvgIpc) is 2.78. The Bertz CT molecular complexity index is 470. The number of nitrogens with one attached hydrogen (secondary N) is 1. The molecule has 0 saturated heterocycles. The molecule has 1 heterocycles. The Balaban J connectivity index is 2.37. The van der Waals surface area contributed by atoms with Crippen LogP contribution in [0, 0.1) is 12.7 Å². The molecule has 1 aromatic heterocycles. The van der Waals surface area contributed by atoms with Crippen LogP contribution in [0.5, 0.6) is 0 Å². The van der Waals surface area contributed by atoms with Crippen LogP contribution in [-0.4, -0.2) is 16.6 Å². The van der Waals surface area contributed by atoms with E-state index >= 15 is 0 Å². The second-order valence-electron chi connectivity index (χ2n) is 3.55. The fourth-order valence-electron chi connectivity index (χ4n) is 1.62. The van der Waals surface area contributed by atoms with Gasteiger partial charge in [0.05, 0.1) is 17.1 Å². The SMILES string of the molecule is CNC(c1ccc(F)c(C)c1)c1cnns1. The number of hydrogen-bond acceptors (Lipinski definition) is 4. The number of aryl methyl sites for hydroxylation is 1. The number of aromatic nitrogens is 2. The van der Waals surface area contributed by atoms with Crippen LogP contribution in [0.15, 0.2) is 24.4 Å². The minimum absolute atomic E-state index is 0.0271. The summed E-state index contributed by atoms with van der Waals surface area (Å²) in [6, 6.07) is 5.14. The lowest BCUT2D eigenvalue weighted by atomic mass is 10.0. The van der Waals surface area contributed by atoms with E-state index in [0.717, 1.165) is 10.4 Å². The first-order chi connectivity index (χ1) is 7.72. The molecule has 1 atom stereocenters. The predicted molar refractivity (Wildman–Crippen MR) is 61.9 cm³/mol. The molecule has 1 N–H and O–H groups in total. The normalized spacial score (nSPS) is 12.7. The van der Waals surface area contributed by atoms with Gasteiger partial charge in [0, 0.05) is 0 Å². The number of halogens is 1. The number of rotatable bonds is 3. The van der Waals surface area contributed by atoms with Gasteiger partial charge in [-0.25, -0.2) is 4.39 Å². The average molecular weight is 237 g/mol. The maximum absolute atomic E-state index is 13.2. The highest BCUT2D eigenvalue weighted by molar-refractivity contribution is 7.05. The van der Waals surface area contributed by atoms with E-state index in [1.807, 2.05) is 13.1 Å². The molecule has 2 rings (SSSR count). The Hall–Kier alpha value is -1.33. The highest BCUT2D eigenvalue weighted by Gasteiger charge is 2.15. The van der Waals surface area contributed by atoms with Crippen molar-refractivity contribution in [1.29, 1.82) is 0 Å². The summed E-state index contributed by atoms with van der Waals surface area (Å²) in [7, 11) is 1.86. The molecular weight excluding hydrogens is 225 g/mol. The fourth-order valence-corrected chi connectivity index (χ4v) is 2.26. The van der Waals surface area contributed by atoms with Crippen molar-refractivity contribution < 1.29 is 4.39 Å². The van der Waals surface area contributed by atoms with Crippen LogP contribution in [0.3, 0.4) is 0 Å². The van der Waals surface area contributed by atoms with E-state index in [0.29, 0.717) is 5.56 Å². The zero-order valence-electron chi connectivity index (χ0n) is 9.07. The van der Waals surface area contributed by atoms with Crippen molar-refractivity contribution in [2.45, 2.75) is 13.0 Å². The lowest BCUT2D eigenvalue weighted by Crippen LogP contribution is -2.16. The number of benzene rings is 1. The van der Waals surface area contributed by atoms with Gasteiger partial charge in [0.1, 0.15) is 5.82 Å². The lowest BCUT2D eigenvalue weighted by molar-refractivity contribution is 0.614. The van der Waals surface area contributed by atoms with Crippen LogP contribution in [0.2, 0.25) is 0 Å². The minimum atomic E-state index is -0.180. The largest absolute Gasteiger partial charge is 0.309 e. The van der Waals surface area contributed by atoms with E-state index in [1.165, 1.54) is 17.6 Å². The van der Waals surface area contributed by atoms with E-state index in [-0.39, 0.29) is 11.9 Å². The van der Waals surface area contributed by atoms with Crippen LogP contribution in [-0.2, 0) is 0 Å². The molecule has 2 aromatic rings. The maximum Gasteiger partial charge on any atom is 0.126 e. The van der Waals surface area contributed by atoms with Crippen LogP contribution < -0.4 is 5.32 Å². The van der Waals surface area contributed by atoms with E-state index in [4.69, 9.17) is 0 Å². The Morgan fingerprint density at radius 2 is 2.25 bits per heavy atom. The molecule has 1 aromatic carbocycles. The molecule has 1 unspecified atom stereocenters. The van der Waals surface area contributed by atoms with Crippen molar-refractivity contribution in [2.24, 2.45) is 0 Å². The molecule has 0 radical (unpaired) electrons. The summed E-state index contributed by atoms with van der Waals surface area (Å²) in [4.78, 5) is 1.02. The molecule has 3 nitrogen and oxygen atoms in total. The van der Waals surface area contributed by atoms with Gasteiger partial charge in [-0.15, -0.1) is 5.10 Å². The molecule has 0 aliphatic heterocycles. The third-order valence-corrected chi connectivity index (χ3v) is 3.19. The highest BCUT2D eigenvalue weighted by atomic mass is 32.1. The zero-order valence-corrected chi connectivity index (χ0v) is 9.88. The van der Waals surface area contributed by atoms with Gasteiger partial charge in [-0.1, -0.05) is 16.6 Å². The van der Waals surface area contributed by atoms with E-state index in [1.54, 1.807) is 19.2 Å². The Labute approximate surface area is 97.5 Å². The monoisotopic (exact) mass is 237 g/mol. The van der Waals surface area contributed by atoms with E-state index in [9.17, 15) is 4.39 Å². The van der Waals surface area contributed by atoms with Crippen molar-refractivity contribution in [1.82, 2.24) is 14.9 Å². The van der Waals surface area contributed by atoms with Gasteiger partial charge in [0.25, 0.3) is 0 Å². The topological polar surface area (TPSA) is 37.8 Å². The molecule has 0 spiro atoms. The molecule has 0 bridgehead atoms. The van der Waals surface area contributed by atoms with Crippen LogP contribution in [0.25, 0.3) is 0 Å². The maximum atomic E-state index is 13.2. The van der Waals surface area contributed by atoms with Gasteiger partial charge < -0.3 is 5.32 Å². The summed E-state index contributed by atoms with van der Waals surface area (Å²) < 4.78 is 17.0. The Morgan fingerprint density at radius 1 is 1.44 bits per heavy atom. The Kier molecular flexibility index (Phi) is 3.26. The van der Waals surface area contributed by atoms with Crippen LogP contribution >= 0.6 is 11.5 Å². The molecule has 16 heavy (non-hydrogen) atoms.